The van der Waals surface area contributed by atoms with Crippen molar-refractivity contribution in [2.75, 3.05) is 31.5 Å². The van der Waals surface area contributed by atoms with Gasteiger partial charge in [0.15, 0.2) is 5.11 Å². The summed E-state index contributed by atoms with van der Waals surface area (Å²) in [5.41, 5.74) is 2.32. The number of nitrogens with zero attached hydrogens (tertiary/aromatic N) is 2. The van der Waals surface area contributed by atoms with Gasteiger partial charge in [0.25, 0.3) is 0 Å². The Kier molecular flexibility index (Phi) is 7.47. The Bertz CT molecular complexity index is 678. The first kappa shape index (κ1) is 19.3. The summed E-state index contributed by atoms with van der Waals surface area (Å²) in [6.45, 7) is 7.69. The molecule has 0 spiro atoms. The minimum atomic E-state index is 0.825. The van der Waals surface area contributed by atoms with E-state index in [1.165, 1.54) is 49.3 Å². The highest BCUT2D eigenvalue weighted by Crippen LogP contribution is 2.17. The summed E-state index contributed by atoms with van der Waals surface area (Å²) in [4.78, 5) is 6.28. The maximum Gasteiger partial charge on any atom is 0.173 e. The molecule has 1 aromatic heterocycles. The molecule has 2 aromatic rings. The van der Waals surface area contributed by atoms with Crippen molar-refractivity contribution in [3.63, 3.8) is 0 Å². The number of aryl methyl sites for hydroxylation is 1. The Morgan fingerprint density at radius 2 is 1.96 bits per heavy atom. The van der Waals surface area contributed by atoms with E-state index in [-0.39, 0.29) is 0 Å². The third-order valence-electron chi connectivity index (χ3n) is 4.95. The van der Waals surface area contributed by atoms with Gasteiger partial charge in [0.1, 0.15) is 0 Å². The second-order valence-corrected chi connectivity index (χ2v) is 8.42. The lowest BCUT2D eigenvalue weighted by atomic mass is 10.1. The van der Waals surface area contributed by atoms with Crippen molar-refractivity contribution in [3.8, 4) is 0 Å². The SMILES string of the molecule is Cc1ccccc1NC(=S)N(CCCN1CCCCC1)Cc1cccs1. The third kappa shape index (κ3) is 5.79. The van der Waals surface area contributed by atoms with Crippen molar-refractivity contribution in [3.05, 3.63) is 52.2 Å². The molecule has 1 N–H and O–H groups in total. The van der Waals surface area contributed by atoms with Gasteiger partial charge in [0.2, 0.25) is 0 Å². The smallest absolute Gasteiger partial charge is 0.173 e. The summed E-state index contributed by atoms with van der Waals surface area (Å²) in [5, 5.41) is 6.42. The second kappa shape index (κ2) is 10.0. The Hall–Kier alpha value is -1.43. The molecule has 0 unspecified atom stereocenters. The number of hydrogen-bond donors (Lipinski definition) is 1. The van der Waals surface area contributed by atoms with Crippen molar-refractivity contribution >= 4 is 34.4 Å². The van der Waals surface area contributed by atoms with Gasteiger partial charge in [0, 0.05) is 17.1 Å². The minimum Gasteiger partial charge on any atom is -0.344 e. The Balaban J connectivity index is 1.58. The van der Waals surface area contributed by atoms with E-state index in [0.717, 1.165) is 30.3 Å². The molecule has 0 aliphatic carbocycles. The summed E-state index contributed by atoms with van der Waals surface area (Å²) in [6.07, 6.45) is 5.25. The Labute approximate surface area is 167 Å². The summed E-state index contributed by atoms with van der Waals surface area (Å²) in [5.74, 6) is 0. The van der Waals surface area contributed by atoms with E-state index in [0.29, 0.717) is 0 Å². The number of likely N-dealkylation sites (tertiary alicyclic amines) is 1. The monoisotopic (exact) mass is 387 g/mol. The van der Waals surface area contributed by atoms with Crippen LogP contribution in [0.3, 0.4) is 0 Å². The number of thiophene rings is 1. The maximum absolute atomic E-state index is 5.77. The summed E-state index contributed by atoms with van der Waals surface area (Å²) in [7, 11) is 0. The fourth-order valence-electron chi connectivity index (χ4n) is 3.42. The van der Waals surface area contributed by atoms with Crippen LogP contribution in [0.5, 0.6) is 0 Å². The highest BCUT2D eigenvalue weighted by molar-refractivity contribution is 7.80. The molecule has 3 rings (SSSR count). The van der Waals surface area contributed by atoms with Crippen LogP contribution in [0.25, 0.3) is 0 Å². The van der Waals surface area contributed by atoms with Crippen LogP contribution in [-0.2, 0) is 6.54 Å². The van der Waals surface area contributed by atoms with Crippen molar-refractivity contribution in [1.82, 2.24) is 9.80 Å². The summed E-state index contributed by atoms with van der Waals surface area (Å²) in [6, 6.07) is 12.6. The standard InChI is InChI=1S/C21H29N3S2/c1-18-9-3-4-11-20(18)22-21(25)24(17-19-10-7-16-26-19)15-8-14-23-12-5-2-6-13-23/h3-4,7,9-11,16H,2,5-6,8,12-15,17H2,1H3,(H,22,25). The number of nitrogens with one attached hydrogen (secondary N) is 1. The number of benzene rings is 1. The number of rotatable bonds is 7. The fraction of sp³-hybridized carbons (Fsp3) is 0.476. The molecule has 0 amide bonds. The van der Waals surface area contributed by atoms with Crippen LogP contribution in [0.15, 0.2) is 41.8 Å². The lowest BCUT2D eigenvalue weighted by Crippen LogP contribution is -2.37. The first-order valence-electron chi connectivity index (χ1n) is 9.58. The molecule has 1 aliphatic heterocycles. The molecule has 3 nitrogen and oxygen atoms in total. The van der Waals surface area contributed by atoms with Gasteiger partial charge in [-0.1, -0.05) is 30.7 Å². The second-order valence-electron chi connectivity index (χ2n) is 7.00. The summed E-state index contributed by atoms with van der Waals surface area (Å²) >= 11 is 7.57. The van der Waals surface area contributed by atoms with Crippen LogP contribution < -0.4 is 5.32 Å². The molecule has 26 heavy (non-hydrogen) atoms. The van der Waals surface area contributed by atoms with Crippen molar-refractivity contribution < 1.29 is 0 Å². The molecule has 140 valence electrons. The summed E-state index contributed by atoms with van der Waals surface area (Å²) < 4.78 is 0. The number of thiocarbonyl (C=S) groups is 1. The van der Waals surface area contributed by atoms with Crippen molar-refractivity contribution in [2.45, 2.75) is 39.2 Å². The van der Waals surface area contributed by atoms with E-state index >= 15 is 0 Å². The van der Waals surface area contributed by atoms with Crippen LogP contribution in [0.4, 0.5) is 5.69 Å². The van der Waals surface area contributed by atoms with Crippen LogP contribution in [0.1, 0.15) is 36.1 Å². The van der Waals surface area contributed by atoms with Crippen molar-refractivity contribution in [2.24, 2.45) is 0 Å². The topological polar surface area (TPSA) is 18.5 Å². The van der Waals surface area contributed by atoms with Gasteiger partial charge in [-0.15, -0.1) is 11.3 Å². The van der Waals surface area contributed by atoms with Gasteiger partial charge >= 0.3 is 0 Å². The highest BCUT2D eigenvalue weighted by Gasteiger charge is 2.14. The molecule has 0 atom stereocenters. The molecule has 1 aliphatic rings. The molecule has 0 saturated carbocycles. The van der Waals surface area contributed by atoms with E-state index in [1.807, 2.05) is 0 Å². The zero-order valence-electron chi connectivity index (χ0n) is 15.6. The lowest BCUT2D eigenvalue weighted by Gasteiger charge is -2.29. The fourth-order valence-corrected chi connectivity index (χ4v) is 4.40. The number of para-hydroxylation sites is 1. The van der Waals surface area contributed by atoms with Crippen LogP contribution in [0.2, 0.25) is 0 Å². The largest absolute Gasteiger partial charge is 0.344 e. The Morgan fingerprint density at radius 1 is 1.15 bits per heavy atom. The van der Waals surface area contributed by atoms with Gasteiger partial charge in [0.05, 0.1) is 6.54 Å². The van der Waals surface area contributed by atoms with Gasteiger partial charge < -0.3 is 15.1 Å². The van der Waals surface area contributed by atoms with Gasteiger partial charge in [-0.25, -0.2) is 0 Å². The average molecular weight is 388 g/mol. The molecule has 0 radical (unpaired) electrons. The zero-order valence-corrected chi connectivity index (χ0v) is 17.2. The first-order valence-corrected chi connectivity index (χ1v) is 10.9. The Morgan fingerprint density at radius 3 is 2.69 bits per heavy atom. The highest BCUT2D eigenvalue weighted by atomic mass is 32.1. The predicted octanol–water partition coefficient (Wildman–Crippen LogP) is 5.13. The molecular weight excluding hydrogens is 358 g/mol. The molecule has 5 heteroatoms. The van der Waals surface area contributed by atoms with E-state index in [9.17, 15) is 0 Å². The molecule has 1 saturated heterocycles. The minimum absolute atomic E-state index is 0.825. The molecule has 1 fully saturated rings. The molecular formula is C21H29N3S2. The third-order valence-corrected chi connectivity index (χ3v) is 6.17. The van der Waals surface area contributed by atoms with E-state index in [4.69, 9.17) is 12.2 Å². The average Bonchev–Trinajstić information content (AvgIpc) is 3.17. The van der Waals surface area contributed by atoms with Crippen LogP contribution in [-0.4, -0.2) is 41.1 Å². The predicted molar refractivity (Wildman–Crippen MR) is 117 cm³/mol. The van der Waals surface area contributed by atoms with Crippen molar-refractivity contribution in [1.29, 1.82) is 0 Å². The normalized spacial score (nSPS) is 15.0. The molecule has 0 bridgehead atoms. The lowest BCUT2D eigenvalue weighted by molar-refractivity contribution is 0.218. The number of hydrogen-bond acceptors (Lipinski definition) is 3. The molecule has 2 heterocycles. The number of piperidine rings is 1. The van der Waals surface area contributed by atoms with Crippen LogP contribution >= 0.6 is 23.6 Å². The number of anilines is 1. The van der Waals surface area contributed by atoms with Crippen LogP contribution in [0, 0.1) is 6.92 Å². The first-order chi connectivity index (χ1) is 12.7. The molecule has 1 aromatic carbocycles. The quantitative estimate of drug-likeness (QED) is 0.664. The van der Waals surface area contributed by atoms with Gasteiger partial charge in [-0.2, -0.15) is 0 Å². The van der Waals surface area contributed by atoms with Gasteiger partial charge in [-0.3, -0.25) is 0 Å². The van der Waals surface area contributed by atoms with Gasteiger partial charge in [-0.05, 0) is 81.1 Å². The van der Waals surface area contributed by atoms with E-state index in [2.05, 4.69) is 63.8 Å². The van der Waals surface area contributed by atoms with E-state index in [1.54, 1.807) is 11.3 Å². The maximum atomic E-state index is 5.77. The zero-order chi connectivity index (χ0) is 18.2. The van der Waals surface area contributed by atoms with E-state index < -0.39 is 0 Å².